The summed E-state index contributed by atoms with van der Waals surface area (Å²) in [6.45, 7) is 3.66. The highest BCUT2D eigenvalue weighted by atomic mass is 32.2. The van der Waals surface area contributed by atoms with Crippen molar-refractivity contribution in [2.75, 3.05) is 4.72 Å². The Morgan fingerprint density at radius 2 is 1.80 bits per heavy atom. The molecule has 1 heterocycles. The van der Waals surface area contributed by atoms with Crippen molar-refractivity contribution < 1.29 is 8.42 Å². The smallest absolute Gasteiger partial charge is 0.262 e. The Balaban J connectivity index is 2.40. The molecule has 0 unspecified atom stereocenters. The van der Waals surface area contributed by atoms with Crippen LogP contribution in [0.15, 0.2) is 46.2 Å². The van der Waals surface area contributed by atoms with Crippen LogP contribution in [0.1, 0.15) is 11.1 Å². The van der Waals surface area contributed by atoms with Gasteiger partial charge in [-0.25, -0.2) is 8.42 Å². The third kappa shape index (κ3) is 2.91. The van der Waals surface area contributed by atoms with Crippen LogP contribution in [0.3, 0.4) is 0 Å². The first-order valence-corrected chi connectivity index (χ1v) is 7.55. The third-order valence-electron chi connectivity index (χ3n) is 2.96. The fourth-order valence-electron chi connectivity index (χ4n) is 1.97. The van der Waals surface area contributed by atoms with Crippen molar-refractivity contribution in [2.45, 2.75) is 18.7 Å². The monoisotopic (exact) mass is 292 g/mol. The van der Waals surface area contributed by atoms with E-state index in [1.54, 1.807) is 26.1 Å². The Bertz CT molecular complexity index is 807. The summed E-state index contributed by atoms with van der Waals surface area (Å²) in [5.74, 6) is 0. The molecule has 20 heavy (non-hydrogen) atoms. The van der Waals surface area contributed by atoms with E-state index in [0.717, 1.165) is 5.56 Å². The molecule has 0 aliphatic heterocycles. The van der Waals surface area contributed by atoms with Crippen molar-refractivity contribution in [1.29, 1.82) is 0 Å². The van der Waals surface area contributed by atoms with Gasteiger partial charge >= 0.3 is 0 Å². The lowest BCUT2D eigenvalue weighted by Crippen LogP contribution is -2.18. The molecular formula is C14H16N2O3S. The van der Waals surface area contributed by atoms with Crippen molar-refractivity contribution in [3.63, 3.8) is 0 Å². The highest BCUT2D eigenvalue weighted by Crippen LogP contribution is 2.19. The highest BCUT2D eigenvalue weighted by Gasteiger charge is 2.17. The van der Waals surface area contributed by atoms with Gasteiger partial charge in [0.1, 0.15) is 0 Å². The molecule has 0 aliphatic rings. The fraction of sp³-hybridized carbons (Fsp3) is 0.214. The molecule has 1 aromatic carbocycles. The molecule has 1 aromatic heterocycles. The molecule has 0 aliphatic carbocycles. The molecular weight excluding hydrogens is 276 g/mol. The number of nitrogens with one attached hydrogen (secondary N) is 1. The number of hydrogen-bond acceptors (Lipinski definition) is 3. The zero-order chi connectivity index (χ0) is 14.9. The molecule has 5 nitrogen and oxygen atoms in total. The normalized spacial score (nSPS) is 11.3. The summed E-state index contributed by atoms with van der Waals surface area (Å²) in [5.41, 5.74) is 1.84. The summed E-state index contributed by atoms with van der Waals surface area (Å²) in [6, 6.07) is 7.91. The lowest BCUT2D eigenvalue weighted by atomic mass is 10.2. The van der Waals surface area contributed by atoms with Crippen LogP contribution in [-0.4, -0.2) is 13.0 Å². The predicted molar refractivity (Wildman–Crippen MR) is 78.4 cm³/mol. The van der Waals surface area contributed by atoms with Crippen LogP contribution < -0.4 is 10.3 Å². The molecule has 0 radical (unpaired) electrons. The summed E-state index contributed by atoms with van der Waals surface area (Å²) in [4.78, 5) is 11.5. The molecule has 0 amide bonds. The van der Waals surface area contributed by atoms with Crippen LogP contribution in [0.4, 0.5) is 5.69 Å². The number of pyridine rings is 1. The zero-order valence-corrected chi connectivity index (χ0v) is 12.4. The second-order valence-corrected chi connectivity index (χ2v) is 6.39. The van der Waals surface area contributed by atoms with Crippen molar-refractivity contribution >= 4 is 15.7 Å². The molecule has 1 N–H and O–H groups in total. The summed E-state index contributed by atoms with van der Waals surface area (Å²) < 4.78 is 28.5. The Kier molecular flexibility index (Phi) is 3.67. The molecule has 0 saturated carbocycles. The summed E-state index contributed by atoms with van der Waals surface area (Å²) in [6.07, 6.45) is 1.45. The van der Waals surface area contributed by atoms with Gasteiger partial charge in [-0.15, -0.1) is 0 Å². The van der Waals surface area contributed by atoms with Gasteiger partial charge in [0.2, 0.25) is 5.56 Å². The van der Waals surface area contributed by atoms with Gasteiger partial charge in [-0.1, -0.05) is 17.7 Å². The van der Waals surface area contributed by atoms with E-state index in [1.807, 2.05) is 13.0 Å². The minimum atomic E-state index is -3.66. The Morgan fingerprint density at radius 3 is 2.40 bits per heavy atom. The van der Waals surface area contributed by atoms with E-state index in [2.05, 4.69) is 4.72 Å². The van der Waals surface area contributed by atoms with E-state index in [9.17, 15) is 13.2 Å². The van der Waals surface area contributed by atoms with Crippen molar-refractivity contribution in [2.24, 2.45) is 7.05 Å². The van der Waals surface area contributed by atoms with Gasteiger partial charge in [-0.05, 0) is 31.5 Å². The van der Waals surface area contributed by atoms with Gasteiger partial charge in [0.25, 0.3) is 10.0 Å². The number of anilines is 1. The largest absolute Gasteiger partial charge is 0.316 e. The molecule has 0 saturated heterocycles. The topological polar surface area (TPSA) is 68.2 Å². The van der Waals surface area contributed by atoms with Crippen molar-refractivity contribution in [3.8, 4) is 0 Å². The Labute approximate surface area is 117 Å². The van der Waals surface area contributed by atoms with Crippen molar-refractivity contribution in [3.05, 3.63) is 58.0 Å². The first-order chi connectivity index (χ1) is 9.29. The molecule has 0 spiro atoms. The van der Waals surface area contributed by atoms with Crippen LogP contribution in [0.2, 0.25) is 0 Å². The van der Waals surface area contributed by atoms with E-state index in [4.69, 9.17) is 0 Å². The number of rotatable bonds is 3. The van der Waals surface area contributed by atoms with Gasteiger partial charge < -0.3 is 4.57 Å². The molecule has 0 fully saturated rings. The summed E-state index contributed by atoms with van der Waals surface area (Å²) in [7, 11) is -2.09. The summed E-state index contributed by atoms with van der Waals surface area (Å²) >= 11 is 0. The zero-order valence-electron chi connectivity index (χ0n) is 11.5. The number of aryl methyl sites for hydroxylation is 3. The van der Waals surface area contributed by atoms with Gasteiger partial charge in [-0.2, -0.15) is 0 Å². The maximum Gasteiger partial charge on any atom is 0.262 e. The lowest BCUT2D eigenvalue weighted by molar-refractivity contribution is 0.600. The van der Waals surface area contributed by atoms with Crippen LogP contribution in [0.5, 0.6) is 0 Å². The fourth-order valence-corrected chi connectivity index (χ4v) is 3.24. The summed E-state index contributed by atoms with van der Waals surface area (Å²) in [5, 5.41) is 0. The molecule has 106 valence electrons. The molecule has 0 bridgehead atoms. The van der Waals surface area contributed by atoms with Crippen LogP contribution in [0, 0.1) is 13.8 Å². The van der Waals surface area contributed by atoms with Crippen LogP contribution in [0.25, 0.3) is 0 Å². The standard InChI is InChI=1S/C14H16N2O3S/c1-10-4-6-13(11(2)8-10)20(18,19)15-12-5-7-14(17)16(3)9-12/h4-9,15H,1-3H3. The number of hydrogen-bond donors (Lipinski definition) is 1. The molecule has 0 atom stereocenters. The minimum Gasteiger partial charge on any atom is -0.316 e. The van der Waals surface area contributed by atoms with E-state index in [0.29, 0.717) is 11.3 Å². The van der Waals surface area contributed by atoms with E-state index >= 15 is 0 Å². The predicted octanol–water partition coefficient (Wildman–Crippen LogP) is 1.80. The number of sulfonamides is 1. The van der Waals surface area contributed by atoms with Gasteiger partial charge in [0, 0.05) is 19.3 Å². The molecule has 6 heteroatoms. The second-order valence-electron chi connectivity index (χ2n) is 4.74. The number of aromatic nitrogens is 1. The van der Waals surface area contributed by atoms with E-state index in [1.165, 1.54) is 22.9 Å². The lowest BCUT2D eigenvalue weighted by Gasteiger charge is -2.11. The average Bonchev–Trinajstić information content (AvgIpc) is 2.33. The number of benzene rings is 1. The average molecular weight is 292 g/mol. The van der Waals surface area contributed by atoms with Gasteiger partial charge in [0.05, 0.1) is 10.6 Å². The third-order valence-corrected chi connectivity index (χ3v) is 4.50. The van der Waals surface area contributed by atoms with Gasteiger partial charge in [0.15, 0.2) is 0 Å². The first kappa shape index (κ1) is 14.3. The Morgan fingerprint density at radius 1 is 1.10 bits per heavy atom. The second kappa shape index (κ2) is 5.13. The van der Waals surface area contributed by atoms with Crippen LogP contribution >= 0.6 is 0 Å². The quantitative estimate of drug-likeness (QED) is 0.938. The van der Waals surface area contributed by atoms with Gasteiger partial charge in [-0.3, -0.25) is 9.52 Å². The first-order valence-electron chi connectivity index (χ1n) is 6.06. The maximum atomic E-state index is 12.3. The van der Waals surface area contributed by atoms with Crippen LogP contribution in [-0.2, 0) is 17.1 Å². The maximum absolute atomic E-state index is 12.3. The molecule has 2 aromatic rings. The van der Waals surface area contributed by atoms with E-state index in [-0.39, 0.29) is 10.5 Å². The molecule has 2 rings (SSSR count). The SMILES string of the molecule is Cc1ccc(S(=O)(=O)Nc2ccc(=O)n(C)c2)c(C)c1. The number of nitrogens with zero attached hydrogens (tertiary/aromatic N) is 1. The minimum absolute atomic E-state index is 0.195. The van der Waals surface area contributed by atoms with Crippen molar-refractivity contribution in [1.82, 2.24) is 4.57 Å². The van der Waals surface area contributed by atoms with E-state index < -0.39 is 10.0 Å². The highest BCUT2D eigenvalue weighted by molar-refractivity contribution is 7.92. The Hall–Kier alpha value is -2.08.